The van der Waals surface area contributed by atoms with Crippen molar-refractivity contribution in [3.8, 4) is 11.5 Å². The van der Waals surface area contributed by atoms with Crippen LogP contribution < -0.4 is 19.3 Å². The number of para-hydroxylation sites is 1. The monoisotopic (exact) mass is 469 g/mol. The van der Waals surface area contributed by atoms with E-state index in [9.17, 15) is 13.2 Å². The molecule has 0 fully saturated rings. The second kappa shape index (κ2) is 10.6. The Morgan fingerprint density at radius 2 is 1.79 bits per heavy atom. The number of benzene rings is 2. The van der Waals surface area contributed by atoms with Crippen molar-refractivity contribution in [1.82, 2.24) is 10.5 Å². The lowest BCUT2D eigenvalue weighted by Crippen LogP contribution is -2.40. The molecule has 0 spiro atoms. The molecule has 3 aromatic rings. The summed E-state index contributed by atoms with van der Waals surface area (Å²) in [5, 5.41) is 9.09. The quantitative estimate of drug-likeness (QED) is 0.365. The summed E-state index contributed by atoms with van der Waals surface area (Å²) < 4.78 is 38.8. The van der Waals surface area contributed by atoms with Crippen molar-refractivity contribution in [2.75, 3.05) is 25.1 Å². The Labute approximate surface area is 191 Å². The molecular weight excluding hydrogens is 446 g/mol. The van der Waals surface area contributed by atoms with E-state index in [1.54, 1.807) is 67.0 Å². The maximum absolute atomic E-state index is 13.8. The van der Waals surface area contributed by atoms with Crippen LogP contribution in [0.5, 0.6) is 11.5 Å². The van der Waals surface area contributed by atoms with E-state index >= 15 is 0 Å². The third kappa shape index (κ3) is 5.48. The first-order chi connectivity index (χ1) is 15.9. The van der Waals surface area contributed by atoms with E-state index in [2.05, 4.69) is 4.98 Å². The minimum atomic E-state index is -4.33. The molecular formula is C23H23N3O6S. The second-order valence-corrected chi connectivity index (χ2v) is 8.57. The Morgan fingerprint density at radius 3 is 2.45 bits per heavy atom. The third-order valence-corrected chi connectivity index (χ3v) is 6.50. The summed E-state index contributed by atoms with van der Waals surface area (Å²) in [5.41, 5.74) is 3.11. The van der Waals surface area contributed by atoms with Crippen LogP contribution in [0.1, 0.15) is 11.1 Å². The van der Waals surface area contributed by atoms with Crippen molar-refractivity contribution in [2.45, 2.75) is 4.90 Å². The summed E-state index contributed by atoms with van der Waals surface area (Å²) in [7, 11) is -1.57. The highest BCUT2D eigenvalue weighted by Crippen LogP contribution is 2.34. The molecule has 0 aliphatic rings. The number of carbonyl (C=O) groups is 1. The van der Waals surface area contributed by atoms with E-state index in [0.29, 0.717) is 11.3 Å². The number of anilines is 1. The van der Waals surface area contributed by atoms with Gasteiger partial charge in [0.05, 0.1) is 19.9 Å². The number of carbonyl (C=O) groups excluding carboxylic acids is 1. The van der Waals surface area contributed by atoms with E-state index in [-0.39, 0.29) is 16.3 Å². The van der Waals surface area contributed by atoms with Crippen molar-refractivity contribution in [3.63, 3.8) is 0 Å². The van der Waals surface area contributed by atoms with Gasteiger partial charge in [-0.2, -0.15) is 0 Å². The molecule has 0 unspecified atom stereocenters. The highest BCUT2D eigenvalue weighted by Gasteiger charge is 2.31. The van der Waals surface area contributed by atoms with E-state index in [0.717, 1.165) is 9.87 Å². The minimum Gasteiger partial charge on any atom is -0.497 e. The number of ether oxygens (including phenoxy) is 2. The zero-order chi connectivity index (χ0) is 23.8. The molecule has 172 valence electrons. The van der Waals surface area contributed by atoms with Gasteiger partial charge in [0.25, 0.3) is 15.9 Å². The fraction of sp³-hybridized carbons (Fsp3) is 0.130. The van der Waals surface area contributed by atoms with Gasteiger partial charge in [0.2, 0.25) is 0 Å². The van der Waals surface area contributed by atoms with Crippen LogP contribution in [0.2, 0.25) is 0 Å². The molecule has 1 aromatic heterocycles. The molecule has 0 bridgehead atoms. The Kier molecular flexibility index (Phi) is 7.65. The maximum atomic E-state index is 13.8. The van der Waals surface area contributed by atoms with Gasteiger partial charge in [0.1, 0.15) is 22.9 Å². The lowest BCUT2D eigenvalue weighted by Gasteiger charge is -2.26. The molecule has 1 amide bonds. The molecule has 0 radical (unpaired) electrons. The van der Waals surface area contributed by atoms with Crippen molar-refractivity contribution < 1.29 is 27.9 Å². The molecule has 0 saturated heterocycles. The van der Waals surface area contributed by atoms with E-state index in [1.807, 2.05) is 0 Å². The standard InChI is InChI=1S/C23H23N3O6S/c1-31-19-9-10-21(32-2)22(15-19)33(29,30)26(16-23(27)25-28)20-6-4-3-5-18(20)8-7-17-11-13-24-14-12-17/h3-15,28H,16H2,1-2H3,(H,25,27)/b8-7+. The van der Waals surface area contributed by atoms with Crippen LogP contribution in [0.3, 0.4) is 0 Å². The van der Waals surface area contributed by atoms with Crippen LogP contribution in [-0.2, 0) is 14.8 Å². The predicted molar refractivity (Wildman–Crippen MR) is 124 cm³/mol. The number of nitrogens with zero attached hydrogens (tertiary/aromatic N) is 2. The van der Waals surface area contributed by atoms with E-state index in [1.165, 1.54) is 31.8 Å². The van der Waals surface area contributed by atoms with Crippen LogP contribution in [0.25, 0.3) is 12.2 Å². The Balaban J connectivity index is 2.15. The number of aromatic nitrogens is 1. The van der Waals surface area contributed by atoms with Gasteiger partial charge in [-0.1, -0.05) is 30.4 Å². The van der Waals surface area contributed by atoms with Crippen LogP contribution >= 0.6 is 0 Å². The van der Waals surface area contributed by atoms with E-state index < -0.39 is 22.5 Å². The van der Waals surface area contributed by atoms with Crippen LogP contribution in [0.4, 0.5) is 5.69 Å². The number of hydroxylamine groups is 1. The normalized spacial score (nSPS) is 11.2. The van der Waals surface area contributed by atoms with Crippen LogP contribution in [0, 0.1) is 0 Å². The highest BCUT2D eigenvalue weighted by molar-refractivity contribution is 7.93. The molecule has 3 rings (SSSR count). The molecule has 0 aliphatic carbocycles. The summed E-state index contributed by atoms with van der Waals surface area (Å²) in [5.74, 6) is -0.532. The van der Waals surface area contributed by atoms with Gasteiger partial charge in [0, 0.05) is 18.5 Å². The number of hydrogen-bond acceptors (Lipinski definition) is 7. The molecule has 2 aromatic carbocycles. The number of rotatable bonds is 9. The fourth-order valence-corrected chi connectivity index (χ4v) is 4.71. The van der Waals surface area contributed by atoms with Gasteiger partial charge in [0.15, 0.2) is 0 Å². The Morgan fingerprint density at radius 1 is 1.06 bits per heavy atom. The number of sulfonamides is 1. The number of amides is 1. The maximum Gasteiger partial charge on any atom is 0.268 e. The van der Waals surface area contributed by atoms with Gasteiger partial charge >= 0.3 is 0 Å². The molecule has 0 aliphatic heterocycles. The number of pyridine rings is 1. The summed E-state index contributed by atoms with van der Waals surface area (Å²) >= 11 is 0. The summed E-state index contributed by atoms with van der Waals surface area (Å²) in [6, 6.07) is 14.6. The van der Waals surface area contributed by atoms with Crippen molar-refractivity contribution >= 4 is 33.8 Å². The number of hydrogen-bond donors (Lipinski definition) is 2. The molecule has 33 heavy (non-hydrogen) atoms. The smallest absolute Gasteiger partial charge is 0.268 e. The first kappa shape index (κ1) is 23.8. The zero-order valence-electron chi connectivity index (χ0n) is 18.0. The van der Waals surface area contributed by atoms with Gasteiger partial charge < -0.3 is 9.47 Å². The van der Waals surface area contributed by atoms with E-state index in [4.69, 9.17) is 14.7 Å². The summed E-state index contributed by atoms with van der Waals surface area (Å²) in [6.07, 6.45) is 6.81. The van der Waals surface area contributed by atoms with Gasteiger partial charge in [-0.25, -0.2) is 13.9 Å². The fourth-order valence-electron chi connectivity index (χ4n) is 3.09. The number of nitrogens with one attached hydrogen (secondary N) is 1. The summed E-state index contributed by atoms with van der Waals surface area (Å²) in [6.45, 7) is -0.667. The Bertz CT molecular complexity index is 1250. The average Bonchev–Trinajstić information content (AvgIpc) is 2.86. The molecule has 0 atom stereocenters. The average molecular weight is 470 g/mol. The first-order valence-electron chi connectivity index (χ1n) is 9.75. The SMILES string of the molecule is COc1ccc(OC)c(S(=O)(=O)N(CC(=O)NO)c2ccccc2/C=C/c2ccncc2)c1. The predicted octanol–water partition coefficient (Wildman–Crippen LogP) is 2.97. The molecule has 0 saturated carbocycles. The Hall–Kier alpha value is -3.89. The number of methoxy groups -OCH3 is 2. The minimum absolute atomic E-state index is 0.0787. The van der Waals surface area contributed by atoms with Gasteiger partial charge in [-0.05, 0) is 41.5 Å². The first-order valence-corrected chi connectivity index (χ1v) is 11.2. The van der Waals surface area contributed by atoms with Crippen molar-refractivity contribution in [2.24, 2.45) is 0 Å². The largest absolute Gasteiger partial charge is 0.497 e. The molecule has 9 nitrogen and oxygen atoms in total. The van der Waals surface area contributed by atoms with Gasteiger partial charge in [-0.3, -0.25) is 19.3 Å². The molecule has 1 heterocycles. The highest BCUT2D eigenvalue weighted by atomic mass is 32.2. The van der Waals surface area contributed by atoms with Crippen molar-refractivity contribution in [1.29, 1.82) is 0 Å². The lowest BCUT2D eigenvalue weighted by molar-refractivity contribution is -0.127. The van der Waals surface area contributed by atoms with Crippen LogP contribution in [0.15, 0.2) is 71.9 Å². The lowest BCUT2D eigenvalue weighted by atomic mass is 10.1. The summed E-state index contributed by atoms with van der Waals surface area (Å²) in [4.78, 5) is 15.9. The van der Waals surface area contributed by atoms with Gasteiger partial charge in [-0.15, -0.1) is 0 Å². The zero-order valence-corrected chi connectivity index (χ0v) is 18.8. The second-order valence-electron chi connectivity index (χ2n) is 6.74. The molecule has 2 N–H and O–H groups in total. The van der Waals surface area contributed by atoms with Crippen LogP contribution in [-0.4, -0.2) is 45.3 Å². The van der Waals surface area contributed by atoms with Crippen molar-refractivity contribution in [3.05, 3.63) is 78.1 Å². The third-order valence-electron chi connectivity index (χ3n) is 4.72. The molecule has 10 heteroatoms. The topological polar surface area (TPSA) is 118 Å².